The Hall–Kier alpha value is -1.86. The third-order valence-corrected chi connectivity index (χ3v) is 7.76. The first-order valence-corrected chi connectivity index (χ1v) is 11.7. The summed E-state index contributed by atoms with van der Waals surface area (Å²) in [5.41, 5.74) is 2.65. The van der Waals surface area contributed by atoms with E-state index in [9.17, 15) is 9.59 Å². The van der Waals surface area contributed by atoms with Crippen LogP contribution in [0.1, 0.15) is 67.0 Å². The summed E-state index contributed by atoms with van der Waals surface area (Å²) in [4.78, 5) is 29.2. The molecule has 1 amide bonds. The fourth-order valence-electron chi connectivity index (χ4n) is 3.87. The minimum atomic E-state index is -0.420. The van der Waals surface area contributed by atoms with Crippen molar-refractivity contribution in [3.05, 3.63) is 40.5 Å². The Morgan fingerprint density at radius 2 is 1.86 bits per heavy atom. The summed E-state index contributed by atoms with van der Waals surface area (Å²) in [5.74, 6) is -0.170. The Bertz CT molecular complexity index is 871. The standard InChI is InChI=1S/C22H29N3O2S2/c1-14-21(28-16(3)23-14)29-25-18-9-7-17(8-10-18)20(27)24-19(15(2)26)13-22(4)11-5-6-12-22/h7-10,19,25H,5-6,11-13H2,1-4H3,(H,24,27)/t19-/m0/s1. The van der Waals surface area contributed by atoms with Gasteiger partial charge in [0.25, 0.3) is 5.91 Å². The van der Waals surface area contributed by atoms with Gasteiger partial charge in [-0.05, 0) is 81.7 Å². The fraction of sp³-hybridized carbons (Fsp3) is 0.500. The van der Waals surface area contributed by atoms with Gasteiger partial charge in [0.1, 0.15) is 4.21 Å². The van der Waals surface area contributed by atoms with E-state index in [1.165, 1.54) is 24.8 Å². The van der Waals surface area contributed by atoms with E-state index in [2.05, 4.69) is 21.9 Å². The zero-order valence-corrected chi connectivity index (χ0v) is 19.1. The Morgan fingerprint density at radius 1 is 1.21 bits per heavy atom. The molecule has 156 valence electrons. The number of benzene rings is 1. The van der Waals surface area contributed by atoms with E-state index in [-0.39, 0.29) is 17.1 Å². The predicted molar refractivity (Wildman–Crippen MR) is 121 cm³/mol. The second-order valence-electron chi connectivity index (χ2n) is 8.25. The number of nitrogens with one attached hydrogen (secondary N) is 2. The molecule has 3 rings (SSSR count). The van der Waals surface area contributed by atoms with Crippen LogP contribution in [0.3, 0.4) is 0 Å². The summed E-state index contributed by atoms with van der Waals surface area (Å²) in [6.45, 7) is 7.79. The van der Waals surface area contributed by atoms with Crippen molar-refractivity contribution in [3.8, 4) is 0 Å². The minimum absolute atomic E-state index is 0.0244. The zero-order chi connectivity index (χ0) is 21.0. The number of carbonyl (C=O) groups is 2. The smallest absolute Gasteiger partial charge is 0.251 e. The number of nitrogens with zero attached hydrogens (tertiary/aromatic N) is 1. The number of hydrogen-bond acceptors (Lipinski definition) is 6. The molecule has 0 saturated heterocycles. The lowest BCUT2D eigenvalue weighted by Gasteiger charge is -2.28. The molecule has 1 fully saturated rings. The van der Waals surface area contributed by atoms with Crippen molar-refractivity contribution in [2.24, 2.45) is 5.41 Å². The third kappa shape index (κ3) is 5.82. The molecule has 0 unspecified atom stereocenters. The van der Waals surface area contributed by atoms with Crippen molar-refractivity contribution in [3.63, 3.8) is 0 Å². The predicted octanol–water partition coefficient (Wildman–Crippen LogP) is 5.54. The van der Waals surface area contributed by atoms with Gasteiger partial charge in [0.2, 0.25) is 0 Å². The first kappa shape index (κ1) is 21.8. The molecule has 2 N–H and O–H groups in total. The van der Waals surface area contributed by atoms with Crippen LogP contribution in [0.4, 0.5) is 5.69 Å². The summed E-state index contributed by atoms with van der Waals surface area (Å²) in [5, 5.41) is 4.00. The number of amides is 1. The largest absolute Gasteiger partial charge is 0.342 e. The van der Waals surface area contributed by atoms with E-state index in [4.69, 9.17) is 0 Å². The second kappa shape index (κ2) is 9.30. The van der Waals surface area contributed by atoms with Crippen molar-refractivity contribution in [2.75, 3.05) is 4.72 Å². The maximum atomic E-state index is 12.7. The van der Waals surface area contributed by atoms with Crippen LogP contribution in [-0.4, -0.2) is 22.7 Å². The molecule has 5 nitrogen and oxygen atoms in total. The number of thiazole rings is 1. The molecule has 1 atom stereocenters. The molecule has 0 aliphatic heterocycles. The number of rotatable bonds is 8. The second-order valence-corrected chi connectivity index (χ2v) is 10.5. The Labute approximate surface area is 181 Å². The van der Waals surface area contributed by atoms with E-state index in [0.29, 0.717) is 5.56 Å². The van der Waals surface area contributed by atoms with E-state index < -0.39 is 6.04 Å². The van der Waals surface area contributed by atoms with Crippen LogP contribution in [0, 0.1) is 19.3 Å². The molecule has 1 aliphatic carbocycles. The van der Waals surface area contributed by atoms with E-state index >= 15 is 0 Å². The Kier molecular flexibility index (Phi) is 7.01. The van der Waals surface area contributed by atoms with Crippen LogP contribution in [0.2, 0.25) is 0 Å². The highest BCUT2D eigenvalue weighted by atomic mass is 32.2. The number of anilines is 1. The van der Waals surface area contributed by atoms with Crippen LogP contribution in [0.15, 0.2) is 28.5 Å². The number of carbonyl (C=O) groups excluding carboxylic acids is 2. The fourth-order valence-corrected chi connectivity index (χ4v) is 5.70. The molecule has 0 bridgehead atoms. The molecular formula is C22H29N3O2S2. The highest BCUT2D eigenvalue weighted by molar-refractivity contribution is 8.02. The van der Waals surface area contributed by atoms with Gasteiger partial charge < -0.3 is 10.0 Å². The monoisotopic (exact) mass is 431 g/mol. The van der Waals surface area contributed by atoms with Crippen LogP contribution in [0.25, 0.3) is 0 Å². The summed E-state index contributed by atoms with van der Waals surface area (Å²) < 4.78 is 4.43. The molecule has 1 aliphatic rings. The lowest BCUT2D eigenvalue weighted by Crippen LogP contribution is -2.42. The average molecular weight is 432 g/mol. The molecule has 1 aromatic heterocycles. The van der Waals surface area contributed by atoms with Gasteiger partial charge in [0, 0.05) is 11.3 Å². The minimum Gasteiger partial charge on any atom is -0.342 e. The van der Waals surface area contributed by atoms with Crippen molar-refractivity contribution < 1.29 is 9.59 Å². The highest BCUT2D eigenvalue weighted by Gasteiger charge is 2.33. The molecule has 1 heterocycles. The summed E-state index contributed by atoms with van der Waals surface area (Å²) >= 11 is 3.18. The number of aromatic nitrogens is 1. The average Bonchev–Trinajstić information content (AvgIpc) is 3.24. The maximum Gasteiger partial charge on any atom is 0.251 e. The van der Waals surface area contributed by atoms with Crippen molar-refractivity contribution >= 4 is 40.7 Å². The Morgan fingerprint density at radius 3 is 2.41 bits per heavy atom. The van der Waals surface area contributed by atoms with Gasteiger partial charge in [0.05, 0.1) is 16.7 Å². The first-order valence-electron chi connectivity index (χ1n) is 10.0. The molecule has 0 radical (unpaired) electrons. The van der Waals surface area contributed by atoms with Crippen LogP contribution < -0.4 is 10.0 Å². The van der Waals surface area contributed by atoms with Crippen molar-refractivity contribution in [2.45, 2.75) is 70.1 Å². The van der Waals surface area contributed by atoms with E-state index in [1.807, 2.05) is 26.0 Å². The van der Waals surface area contributed by atoms with Gasteiger partial charge >= 0.3 is 0 Å². The van der Waals surface area contributed by atoms with Gasteiger partial charge in [-0.2, -0.15) is 0 Å². The molecule has 0 spiro atoms. The number of Topliss-reactive ketones (excluding diaryl/α,β-unsaturated/α-hetero) is 1. The van der Waals surface area contributed by atoms with Crippen molar-refractivity contribution in [1.82, 2.24) is 10.3 Å². The highest BCUT2D eigenvalue weighted by Crippen LogP contribution is 2.41. The van der Waals surface area contributed by atoms with Crippen LogP contribution in [0.5, 0.6) is 0 Å². The number of hydrogen-bond donors (Lipinski definition) is 2. The number of ketones is 1. The normalized spacial score (nSPS) is 16.4. The molecule has 29 heavy (non-hydrogen) atoms. The van der Waals surface area contributed by atoms with Gasteiger partial charge in [-0.25, -0.2) is 4.98 Å². The molecule has 1 saturated carbocycles. The zero-order valence-electron chi connectivity index (χ0n) is 17.5. The lowest BCUT2D eigenvalue weighted by molar-refractivity contribution is -0.119. The van der Waals surface area contributed by atoms with Gasteiger partial charge in [-0.1, -0.05) is 19.8 Å². The van der Waals surface area contributed by atoms with E-state index in [1.54, 1.807) is 30.4 Å². The van der Waals surface area contributed by atoms with Crippen LogP contribution >= 0.6 is 23.3 Å². The maximum absolute atomic E-state index is 12.7. The topological polar surface area (TPSA) is 71.1 Å². The van der Waals surface area contributed by atoms with E-state index in [0.717, 1.165) is 39.9 Å². The van der Waals surface area contributed by atoms with Crippen LogP contribution in [-0.2, 0) is 4.79 Å². The number of aryl methyl sites for hydroxylation is 2. The molecule has 7 heteroatoms. The summed E-state index contributed by atoms with van der Waals surface area (Å²) in [7, 11) is 0. The van der Waals surface area contributed by atoms with Gasteiger partial charge in [-0.15, -0.1) is 11.3 Å². The molecule has 2 aromatic rings. The summed E-state index contributed by atoms with van der Waals surface area (Å²) in [6, 6.07) is 6.92. The third-order valence-electron chi connectivity index (χ3n) is 5.57. The summed E-state index contributed by atoms with van der Waals surface area (Å²) in [6.07, 6.45) is 5.40. The Balaban J connectivity index is 1.58. The van der Waals surface area contributed by atoms with Gasteiger partial charge in [0.15, 0.2) is 5.78 Å². The van der Waals surface area contributed by atoms with Gasteiger partial charge in [-0.3, -0.25) is 9.59 Å². The quantitative estimate of drug-likeness (QED) is 0.537. The molecule has 1 aromatic carbocycles. The SMILES string of the molecule is CC(=O)[C@H](CC1(C)CCCC1)NC(=O)c1ccc(NSc2sc(C)nc2C)cc1. The lowest BCUT2D eigenvalue weighted by atomic mass is 9.81. The first-order chi connectivity index (χ1) is 13.8. The van der Waals surface area contributed by atoms with Crippen molar-refractivity contribution in [1.29, 1.82) is 0 Å². The molecular weight excluding hydrogens is 402 g/mol.